The summed E-state index contributed by atoms with van der Waals surface area (Å²) in [6.07, 6.45) is 1.26. The van der Waals surface area contributed by atoms with Crippen LogP contribution in [0.15, 0.2) is 0 Å². The van der Waals surface area contributed by atoms with Crippen LogP contribution < -0.4 is 16.0 Å². The van der Waals surface area contributed by atoms with Crippen molar-refractivity contribution in [1.29, 1.82) is 0 Å². The monoisotopic (exact) mass is 254 g/mol. The van der Waals surface area contributed by atoms with Gasteiger partial charge in [0.1, 0.15) is 0 Å². The molecular formula is C10H18N6S. The van der Waals surface area contributed by atoms with Gasteiger partial charge in [0.05, 0.1) is 0 Å². The Morgan fingerprint density at radius 1 is 1.41 bits per heavy atom. The van der Waals surface area contributed by atoms with Gasteiger partial charge in [-0.25, -0.2) is 0 Å². The van der Waals surface area contributed by atoms with E-state index in [9.17, 15) is 0 Å². The molecule has 0 radical (unpaired) electrons. The summed E-state index contributed by atoms with van der Waals surface area (Å²) >= 11 is 2.00. The fraction of sp³-hybridized carbons (Fsp3) is 0.700. The van der Waals surface area contributed by atoms with E-state index >= 15 is 0 Å². The van der Waals surface area contributed by atoms with Crippen LogP contribution in [0.5, 0.6) is 0 Å². The normalized spacial score (nSPS) is 19.3. The molecule has 0 spiro atoms. The lowest BCUT2D eigenvalue weighted by molar-refractivity contribution is 0.628. The second-order valence-corrected chi connectivity index (χ2v) is 5.47. The lowest BCUT2D eigenvalue weighted by atomic mass is 10.1. The summed E-state index contributed by atoms with van der Waals surface area (Å²) in [5, 5.41) is 3.24. The van der Waals surface area contributed by atoms with Gasteiger partial charge in [0.2, 0.25) is 17.8 Å². The summed E-state index contributed by atoms with van der Waals surface area (Å²) in [7, 11) is 3.76. The molecule has 0 aromatic carbocycles. The maximum absolute atomic E-state index is 5.65. The Morgan fingerprint density at radius 2 is 2.24 bits per heavy atom. The third-order valence-electron chi connectivity index (χ3n) is 2.61. The van der Waals surface area contributed by atoms with Crippen molar-refractivity contribution in [3.63, 3.8) is 0 Å². The number of aromatic nitrogens is 3. The smallest absolute Gasteiger partial charge is 0.231 e. The minimum absolute atomic E-state index is 0.256. The molecule has 1 saturated heterocycles. The zero-order valence-electron chi connectivity index (χ0n) is 10.2. The van der Waals surface area contributed by atoms with Crippen LogP contribution in [0.3, 0.4) is 0 Å². The van der Waals surface area contributed by atoms with E-state index in [0.29, 0.717) is 17.8 Å². The summed E-state index contributed by atoms with van der Waals surface area (Å²) in [5.74, 6) is 4.59. The number of nitrogens with one attached hydrogen (secondary N) is 1. The molecule has 2 heterocycles. The first-order valence-corrected chi connectivity index (χ1v) is 6.81. The van der Waals surface area contributed by atoms with E-state index < -0.39 is 0 Å². The van der Waals surface area contributed by atoms with Crippen molar-refractivity contribution in [1.82, 2.24) is 15.0 Å². The molecule has 0 saturated carbocycles. The van der Waals surface area contributed by atoms with Gasteiger partial charge in [0.15, 0.2) is 0 Å². The van der Waals surface area contributed by atoms with Crippen LogP contribution in [0.25, 0.3) is 0 Å². The molecule has 1 atom stereocenters. The fourth-order valence-corrected chi connectivity index (χ4v) is 2.92. The van der Waals surface area contributed by atoms with Crippen LogP contribution in [0.1, 0.15) is 6.42 Å². The molecule has 1 unspecified atom stereocenters. The topological polar surface area (TPSA) is 80.0 Å². The summed E-state index contributed by atoms with van der Waals surface area (Å²) in [6.45, 7) is 0.906. The second kappa shape index (κ2) is 5.39. The second-order valence-electron chi connectivity index (χ2n) is 4.32. The molecule has 0 bridgehead atoms. The highest BCUT2D eigenvalue weighted by Gasteiger charge is 2.15. The molecule has 2 rings (SSSR count). The minimum Gasteiger partial charge on any atom is -0.368 e. The Balaban J connectivity index is 1.99. The van der Waals surface area contributed by atoms with E-state index in [2.05, 4.69) is 20.3 Å². The summed E-state index contributed by atoms with van der Waals surface area (Å²) in [6, 6.07) is 0. The van der Waals surface area contributed by atoms with Gasteiger partial charge in [-0.3, -0.25) is 0 Å². The molecule has 7 heteroatoms. The highest BCUT2D eigenvalue weighted by molar-refractivity contribution is 7.99. The van der Waals surface area contributed by atoms with Crippen LogP contribution in [-0.2, 0) is 0 Å². The van der Waals surface area contributed by atoms with Crippen molar-refractivity contribution in [3.05, 3.63) is 0 Å². The van der Waals surface area contributed by atoms with Crippen LogP contribution in [0.2, 0.25) is 0 Å². The average molecular weight is 254 g/mol. The summed E-state index contributed by atoms with van der Waals surface area (Å²) in [5.41, 5.74) is 5.65. The SMILES string of the molecule is CN(C)c1nc(N)nc(NCC2CCSC2)n1. The zero-order chi connectivity index (χ0) is 12.3. The largest absolute Gasteiger partial charge is 0.368 e. The molecule has 94 valence electrons. The number of nitrogens with two attached hydrogens (primary N) is 1. The molecule has 0 amide bonds. The number of nitrogens with zero attached hydrogens (tertiary/aromatic N) is 4. The molecule has 17 heavy (non-hydrogen) atoms. The third kappa shape index (κ3) is 3.36. The van der Waals surface area contributed by atoms with Crippen molar-refractivity contribution in [2.45, 2.75) is 6.42 Å². The van der Waals surface area contributed by atoms with Gasteiger partial charge < -0.3 is 16.0 Å². The van der Waals surface area contributed by atoms with E-state index in [1.165, 1.54) is 17.9 Å². The van der Waals surface area contributed by atoms with Gasteiger partial charge in [0, 0.05) is 20.6 Å². The Morgan fingerprint density at radius 3 is 2.88 bits per heavy atom. The zero-order valence-corrected chi connectivity index (χ0v) is 11.0. The molecule has 3 N–H and O–H groups in total. The predicted molar refractivity (Wildman–Crippen MR) is 72.5 cm³/mol. The Kier molecular flexibility index (Phi) is 3.88. The summed E-state index contributed by atoms with van der Waals surface area (Å²) in [4.78, 5) is 14.3. The van der Waals surface area contributed by atoms with E-state index in [1.54, 1.807) is 0 Å². The number of nitrogen functional groups attached to an aromatic ring is 1. The first-order chi connectivity index (χ1) is 8.15. The van der Waals surface area contributed by atoms with E-state index in [0.717, 1.165) is 6.54 Å². The fourth-order valence-electron chi connectivity index (χ4n) is 1.64. The minimum atomic E-state index is 0.256. The van der Waals surface area contributed by atoms with Crippen LogP contribution in [-0.4, -0.2) is 47.1 Å². The van der Waals surface area contributed by atoms with Crippen molar-refractivity contribution in [2.24, 2.45) is 5.92 Å². The Labute approximate surface area is 105 Å². The number of rotatable bonds is 4. The molecule has 1 fully saturated rings. The van der Waals surface area contributed by atoms with E-state index in [1.807, 2.05) is 30.8 Å². The Hall–Kier alpha value is -1.24. The molecule has 1 aromatic rings. The molecule has 1 aliphatic heterocycles. The maximum atomic E-state index is 5.65. The highest BCUT2D eigenvalue weighted by Crippen LogP contribution is 2.23. The van der Waals surface area contributed by atoms with Crippen LogP contribution >= 0.6 is 11.8 Å². The maximum Gasteiger partial charge on any atom is 0.231 e. The lowest BCUT2D eigenvalue weighted by Gasteiger charge is -2.13. The van der Waals surface area contributed by atoms with Crippen molar-refractivity contribution in [2.75, 3.05) is 48.1 Å². The quantitative estimate of drug-likeness (QED) is 0.818. The third-order valence-corrected chi connectivity index (χ3v) is 3.85. The van der Waals surface area contributed by atoms with E-state index in [4.69, 9.17) is 5.73 Å². The van der Waals surface area contributed by atoms with Crippen LogP contribution in [0.4, 0.5) is 17.8 Å². The molecule has 6 nitrogen and oxygen atoms in total. The first-order valence-electron chi connectivity index (χ1n) is 5.65. The van der Waals surface area contributed by atoms with Gasteiger partial charge >= 0.3 is 0 Å². The first kappa shape index (κ1) is 12.2. The number of thioether (sulfide) groups is 1. The number of anilines is 3. The van der Waals surface area contributed by atoms with Gasteiger partial charge in [-0.1, -0.05) is 0 Å². The number of hydrogen-bond acceptors (Lipinski definition) is 7. The van der Waals surface area contributed by atoms with Gasteiger partial charge in [-0.2, -0.15) is 26.7 Å². The number of hydrogen-bond donors (Lipinski definition) is 2. The lowest BCUT2D eigenvalue weighted by Crippen LogP contribution is -2.19. The molecular weight excluding hydrogens is 236 g/mol. The van der Waals surface area contributed by atoms with Gasteiger partial charge in [-0.05, 0) is 23.8 Å². The van der Waals surface area contributed by atoms with Crippen LogP contribution in [0, 0.1) is 5.92 Å². The van der Waals surface area contributed by atoms with Crippen molar-refractivity contribution >= 4 is 29.6 Å². The van der Waals surface area contributed by atoms with E-state index in [-0.39, 0.29) is 5.95 Å². The predicted octanol–water partition coefficient (Wildman–Crippen LogP) is 0.685. The van der Waals surface area contributed by atoms with Crippen molar-refractivity contribution in [3.8, 4) is 0 Å². The molecule has 1 aromatic heterocycles. The Bertz CT molecular complexity index is 377. The summed E-state index contributed by atoms with van der Waals surface area (Å²) < 4.78 is 0. The molecule has 0 aliphatic carbocycles. The van der Waals surface area contributed by atoms with Gasteiger partial charge in [-0.15, -0.1) is 0 Å². The standard InChI is InChI=1S/C10H18N6S/c1-16(2)10-14-8(11)13-9(15-10)12-5-7-3-4-17-6-7/h7H,3-6H2,1-2H3,(H3,11,12,13,14,15). The van der Waals surface area contributed by atoms with Crippen molar-refractivity contribution < 1.29 is 0 Å². The molecule has 1 aliphatic rings. The highest BCUT2D eigenvalue weighted by atomic mass is 32.2. The average Bonchev–Trinajstić information content (AvgIpc) is 2.78. The van der Waals surface area contributed by atoms with Gasteiger partial charge in [0.25, 0.3) is 0 Å².